The van der Waals surface area contributed by atoms with Crippen LogP contribution in [0.15, 0.2) is 18.2 Å². The quantitative estimate of drug-likeness (QED) is 0.471. The highest BCUT2D eigenvalue weighted by Gasteiger charge is 2.21. The summed E-state index contributed by atoms with van der Waals surface area (Å²) < 4.78 is 1.53. The van der Waals surface area contributed by atoms with Gasteiger partial charge in [-0.25, -0.2) is 0 Å². The van der Waals surface area contributed by atoms with Gasteiger partial charge in [-0.05, 0) is 38.5 Å². The minimum Gasteiger partial charge on any atom is -0.506 e. The molecule has 2 N–H and O–H groups in total. The Morgan fingerprint density at radius 3 is 2.79 bits per heavy atom. The second-order valence-electron chi connectivity index (χ2n) is 5.31. The van der Waals surface area contributed by atoms with E-state index in [4.69, 9.17) is 11.6 Å². The minimum atomic E-state index is -0.456. The van der Waals surface area contributed by atoms with Crippen LogP contribution in [0.3, 0.4) is 0 Å². The van der Waals surface area contributed by atoms with Crippen LogP contribution in [0.2, 0.25) is 5.02 Å². The zero-order valence-electron chi connectivity index (χ0n) is 13.2. The molecule has 2 aromatic rings. The van der Waals surface area contributed by atoms with Crippen molar-refractivity contribution in [1.29, 1.82) is 0 Å². The fourth-order valence-electron chi connectivity index (χ4n) is 2.38. The molecule has 128 valence electrons. The van der Waals surface area contributed by atoms with Crippen molar-refractivity contribution in [2.45, 2.75) is 33.2 Å². The number of nitrogens with zero attached hydrogens (tertiary/aromatic N) is 3. The number of phenols is 1. The van der Waals surface area contributed by atoms with Gasteiger partial charge in [0.2, 0.25) is 5.91 Å². The first-order valence-corrected chi connectivity index (χ1v) is 7.64. The van der Waals surface area contributed by atoms with Gasteiger partial charge >= 0.3 is 5.69 Å². The van der Waals surface area contributed by atoms with Gasteiger partial charge in [0.25, 0.3) is 0 Å². The van der Waals surface area contributed by atoms with Crippen LogP contribution in [0.1, 0.15) is 24.2 Å². The van der Waals surface area contributed by atoms with Crippen LogP contribution in [0.25, 0.3) is 0 Å². The van der Waals surface area contributed by atoms with Crippen LogP contribution < -0.4 is 5.32 Å². The molecule has 0 aliphatic carbocycles. The predicted octanol–water partition coefficient (Wildman–Crippen LogP) is 3.19. The molecule has 8 nitrogen and oxygen atoms in total. The van der Waals surface area contributed by atoms with Crippen LogP contribution in [-0.2, 0) is 11.3 Å². The van der Waals surface area contributed by atoms with E-state index in [1.54, 1.807) is 13.8 Å². The number of aryl methyl sites for hydroxylation is 2. The van der Waals surface area contributed by atoms with Crippen LogP contribution in [0.4, 0.5) is 11.4 Å². The number of carbonyl (C=O) groups is 1. The van der Waals surface area contributed by atoms with E-state index < -0.39 is 4.92 Å². The standard InChI is InChI=1S/C15H17ClN4O4/c1-9-15(20(23)24)10(2)19(18-9)7-3-4-14(22)17-12-8-11(16)5-6-13(12)21/h5-6,8,21H,3-4,7H2,1-2H3,(H,17,22). The van der Waals surface area contributed by atoms with E-state index in [0.29, 0.717) is 29.4 Å². The summed E-state index contributed by atoms with van der Waals surface area (Å²) >= 11 is 5.82. The van der Waals surface area contributed by atoms with Crippen molar-refractivity contribution in [3.8, 4) is 5.75 Å². The summed E-state index contributed by atoms with van der Waals surface area (Å²) in [6.45, 7) is 3.59. The topological polar surface area (TPSA) is 110 Å². The number of halogens is 1. The Balaban J connectivity index is 1.93. The maximum Gasteiger partial charge on any atom is 0.312 e. The van der Waals surface area contributed by atoms with E-state index >= 15 is 0 Å². The zero-order valence-corrected chi connectivity index (χ0v) is 14.0. The molecule has 9 heteroatoms. The van der Waals surface area contributed by atoms with Gasteiger partial charge in [-0.15, -0.1) is 0 Å². The van der Waals surface area contributed by atoms with Gasteiger partial charge < -0.3 is 10.4 Å². The molecule has 1 aromatic carbocycles. The Hall–Kier alpha value is -2.61. The van der Waals surface area contributed by atoms with Crippen molar-refractivity contribution in [2.24, 2.45) is 0 Å². The number of carbonyl (C=O) groups excluding carboxylic acids is 1. The molecule has 0 saturated heterocycles. The maximum atomic E-state index is 11.9. The van der Waals surface area contributed by atoms with Crippen LogP contribution in [0, 0.1) is 24.0 Å². The summed E-state index contributed by atoms with van der Waals surface area (Å²) in [6, 6.07) is 4.37. The lowest BCUT2D eigenvalue weighted by Crippen LogP contribution is -2.13. The number of aromatic hydroxyl groups is 1. The molecular formula is C15H17ClN4O4. The Morgan fingerprint density at radius 1 is 1.46 bits per heavy atom. The number of benzene rings is 1. The van der Waals surface area contributed by atoms with Gasteiger partial charge in [0.15, 0.2) is 0 Å². The number of rotatable bonds is 6. The van der Waals surface area contributed by atoms with E-state index in [0.717, 1.165) is 0 Å². The molecule has 0 fully saturated rings. The van der Waals surface area contributed by atoms with E-state index in [-0.39, 0.29) is 29.5 Å². The van der Waals surface area contributed by atoms with Crippen molar-refractivity contribution >= 4 is 28.9 Å². The fourth-order valence-corrected chi connectivity index (χ4v) is 2.55. The molecule has 0 bridgehead atoms. The number of hydrogen-bond acceptors (Lipinski definition) is 5. The number of amides is 1. The normalized spacial score (nSPS) is 10.6. The lowest BCUT2D eigenvalue weighted by molar-refractivity contribution is -0.386. The third-order valence-electron chi connectivity index (χ3n) is 3.53. The number of nitro groups is 1. The molecule has 0 aliphatic rings. The van der Waals surface area contributed by atoms with Gasteiger partial charge in [0.05, 0.1) is 10.6 Å². The van der Waals surface area contributed by atoms with Crippen LogP contribution in [0.5, 0.6) is 5.75 Å². The number of hydrogen-bond donors (Lipinski definition) is 2. The number of phenolic OH excluding ortho intramolecular Hbond substituents is 1. The number of anilines is 1. The lowest BCUT2D eigenvalue weighted by atomic mass is 10.2. The van der Waals surface area contributed by atoms with Crippen molar-refractivity contribution in [3.05, 3.63) is 44.7 Å². The van der Waals surface area contributed by atoms with Crippen molar-refractivity contribution in [1.82, 2.24) is 9.78 Å². The first kappa shape index (κ1) is 17.7. The van der Waals surface area contributed by atoms with E-state index in [1.165, 1.54) is 22.9 Å². The third-order valence-corrected chi connectivity index (χ3v) is 3.77. The summed E-state index contributed by atoms with van der Waals surface area (Å²) in [5, 5.41) is 27.7. The highest BCUT2D eigenvalue weighted by molar-refractivity contribution is 6.31. The Kier molecular flexibility index (Phi) is 5.40. The monoisotopic (exact) mass is 352 g/mol. The van der Waals surface area contributed by atoms with Gasteiger partial charge in [-0.1, -0.05) is 11.6 Å². The Morgan fingerprint density at radius 2 is 2.17 bits per heavy atom. The average molecular weight is 353 g/mol. The van der Waals surface area contributed by atoms with Gasteiger partial charge in [0.1, 0.15) is 17.1 Å². The highest BCUT2D eigenvalue weighted by Crippen LogP contribution is 2.27. The second kappa shape index (κ2) is 7.31. The lowest BCUT2D eigenvalue weighted by Gasteiger charge is -2.08. The first-order chi connectivity index (χ1) is 11.3. The van der Waals surface area contributed by atoms with Gasteiger partial charge in [0, 0.05) is 18.0 Å². The molecule has 0 saturated carbocycles. The molecule has 1 heterocycles. The van der Waals surface area contributed by atoms with Crippen molar-refractivity contribution < 1.29 is 14.8 Å². The average Bonchev–Trinajstić information content (AvgIpc) is 2.77. The number of nitrogens with one attached hydrogen (secondary N) is 1. The molecule has 0 unspecified atom stereocenters. The molecule has 0 spiro atoms. The largest absolute Gasteiger partial charge is 0.506 e. The van der Waals surface area contributed by atoms with Gasteiger partial charge in [-0.2, -0.15) is 5.10 Å². The molecule has 24 heavy (non-hydrogen) atoms. The summed E-state index contributed by atoms with van der Waals surface area (Å²) in [5.74, 6) is -0.356. The predicted molar refractivity (Wildman–Crippen MR) is 89.3 cm³/mol. The van der Waals surface area contributed by atoms with E-state index in [2.05, 4.69) is 10.4 Å². The third kappa shape index (κ3) is 4.02. The van der Waals surface area contributed by atoms with Gasteiger partial charge in [-0.3, -0.25) is 19.6 Å². The molecule has 0 atom stereocenters. The Labute approximate surface area is 143 Å². The second-order valence-corrected chi connectivity index (χ2v) is 5.75. The summed E-state index contributed by atoms with van der Waals surface area (Å²) in [4.78, 5) is 22.4. The molecule has 2 rings (SSSR count). The Bertz CT molecular complexity index is 788. The van der Waals surface area contributed by atoms with Crippen molar-refractivity contribution in [3.63, 3.8) is 0 Å². The SMILES string of the molecule is Cc1nn(CCCC(=O)Nc2cc(Cl)ccc2O)c(C)c1[N+](=O)[O-]. The number of aromatic nitrogens is 2. The fraction of sp³-hybridized carbons (Fsp3) is 0.333. The van der Waals surface area contributed by atoms with E-state index in [9.17, 15) is 20.0 Å². The minimum absolute atomic E-state index is 0.00306. The molecule has 1 amide bonds. The molecule has 1 aromatic heterocycles. The smallest absolute Gasteiger partial charge is 0.312 e. The molecule has 0 radical (unpaired) electrons. The summed E-state index contributed by atoms with van der Waals surface area (Å²) in [7, 11) is 0. The molecular weight excluding hydrogens is 336 g/mol. The van der Waals surface area contributed by atoms with E-state index in [1.807, 2.05) is 0 Å². The summed E-state index contributed by atoms with van der Waals surface area (Å²) in [5.41, 5.74) is 1.06. The van der Waals surface area contributed by atoms with Crippen molar-refractivity contribution in [2.75, 3.05) is 5.32 Å². The van der Waals surface area contributed by atoms with Crippen LogP contribution >= 0.6 is 11.6 Å². The summed E-state index contributed by atoms with van der Waals surface area (Å²) in [6.07, 6.45) is 0.629. The van der Waals surface area contributed by atoms with Crippen LogP contribution in [-0.4, -0.2) is 25.7 Å². The maximum absolute atomic E-state index is 11.9. The molecule has 0 aliphatic heterocycles. The zero-order chi connectivity index (χ0) is 17.9. The first-order valence-electron chi connectivity index (χ1n) is 7.26. The highest BCUT2D eigenvalue weighted by atomic mass is 35.5.